The van der Waals surface area contributed by atoms with E-state index in [0.717, 1.165) is 0 Å². The molecule has 1 aromatic heterocycles. The van der Waals surface area contributed by atoms with Crippen molar-refractivity contribution in [1.29, 1.82) is 0 Å². The van der Waals surface area contributed by atoms with E-state index in [1.165, 1.54) is 6.26 Å². The number of halogens is 2. The molecule has 0 saturated carbocycles. The lowest BCUT2D eigenvalue weighted by molar-refractivity contribution is 0.103. The molecule has 0 radical (unpaired) electrons. The predicted octanol–water partition coefficient (Wildman–Crippen LogP) is 4.88. The normalized spacial score (nSPS) is 10.6. The van der Waals surface area contributed by atoms with Gasteiger partial charge >= 0.3 is 0 Å². The molecule has 0 spiro atoms. The highest BCUT2D eigenvalue weighted by Gasteiger charge is 2.22. The number of hydrogen-bond donors (Lipinski definition) is 0. The molecule has 0 aliphatic carbocycles. The second-order valence-electron chi connectivity index (χ2n) is 4.37. The molecule has 104 valence electrons. The number of hydrogen-bond acceptors (Lipinski definition) is 3. The van der Waals surface area contributed by atoms with Crippen molar-refractivity contribution in [3.8, 4) is 11.3 Å². The van der Waals surface area contributed by atoms with E-state index in [9.17, 15) is 4.79 Å². The number of benzene rings is 2. The quantitative estimate of drug-likeness (QED) is 0.646. The van der Waals surface area contributed by atoms with E-state index in [0.29, 0.717) is 32.4 Å². The molecule has 3 aromatic rings. The minimum Gasteiger partial charge on any atom is -0.363 e. The van der Waals surface area contributed by atoms with Crippen molar-refractivity contribution in [2.24, 2.45) is 0 Å². The average molecular weight is 318 g/mol. The average Bonchev–Trinajstić information content (AvgIpc) is 2.96. The number of aromatic nitrogens is 1. The molecule has 0 unspecified atom stereocenters. The summed E-state index contributed by atoms with van der Waals surface area (Å²) in [5.41, 5.74) is 1.72. The molecule has 0 N–H and O–H groups in total. The molecule has 2 aromatic carbocycles. The lowest BCUT2D eigenvalue weighted by atomic mass is 10.0. The van der Waals surface area contributed by atoms with E-state index in [4.69, 9.17) is 27.7 Å². The number of carbonyl (C=O) groups is 1. The van der Waals surface area contributed by atoms with Crippen molar-refractivity contribution < 1.29 is 9.32 Å². The number of nitrogens with zero attached hydrogens (tertiary/aromatic N) is 1. The van der Waals surface area contributed by atoms with Gasteiger partial charge in [0.1, 0.15) is 12.0 Å². The molecule has 21 heavy (non-hydrogen) atoms. The van der Waals surface area contributed by atoms with E-state index >= 15 is 0 Å². The van der Waals surface area contributed by atoms with Gasteiger partial charge in [0.25, 0.3) is 0 Å². The Balaban J connectivity index is 2.12. The molecule has 0 atom stereocenters. The molecule has 0 aliphatic heterocycles. The van der Waals surface area contributed by atoms with Crippen LogP contribution in [0.15, 0.2) is 59.3 Å². The Bertz CT molecular complexity index is 777. The Kier molecular flexibility index (Phi) is 3.78. The summed E-state index contributed by atoms with van der Waals surface area (Å²) in [5.74, 6) is -0.192. The van der Waals surface area contributed by atoms with E-state index in [2.05, 4.69) is 5.16 Å². The summed E-state index contributed by atoms with van der Waals surface area (Å²) in [7, 11) is 0. The maximum Gasteiger partial charge on any atom is 0.198 e. The summed E-state index contributed by atoms with van der Waals surface area (Å²) in [6.45, 7) is 0. The smallest absolute Gasteiger partial charge is 0.198 e. The molecule has 0 amide bonds. The number of rotatable bonds is 3. The van der Waals surface area contributed by atoms with Gasteiger partial charge in [-0.3, -0.25) is 4.79 Å². The first-order valence-corrected chi connectivity index (χ1v) is 6.92. The van der Waals surface area contributed by atoms with Gasteiger partial charge in [-0.1, -0.05) is 64.8 Å². The third-order valence-electron chi connectivity index (χ3n) is 3.05. The van der Waals surface area contributed by atoms with Crippen LogP contribution in [0.25, 0.3) is 11.3 Å². The summed E-state index contributed by atoms with van der Waals surface area (Å²) >= 11 is 12.3. The van der Waals surface area contributed by atoms with Crippen molar-refractivity contribution in [2.45, 2.75) is 0 Å². The zero-order chi connectivity index (χ0) is 14.8. The topological polar surface area (TPSA) is 43.1 Å². The van der Waals surface area contributed by atoms with Crippen molar-refractivity contribution in [3.05, 3.63) is 76.0 Å². The second kappa shape index (κ2) is 5.72. The summed E-state index contributed by atoms with van der Waals surface area (Å²) in [4.78, 5) is 12.5. The van der Waals surface area contributed by atoms with Crippen LogP contribution in [0.4, 0.5) is 0 Å². The van der Waals surface area contributed by atoms with Crippen molar-refractivity contribution in [1.82, 2.24) is 5.16 Å². The third-order valence-corrected chi connectivity index (χ3v) is 3.68. The van der Waals surface area contributed by atoms with Crippen LogP contribution in [0, 0.1) is 0 Å². The van der Waals surface area contributed by atoms with Gasteiger partial charge in [0.15, 0.2) is 5.78 Å². The lowest BCUT2D eigenvalue weighted by Gasteiger charge is -2.05. The molecule has 0 bridgehead atoms. The Morgan fingerprint density at radius 1 is 0.952 bits per heavy atom. The Hall–Kier alpha value is -2.10. The first-order valence-electron chi connectivity index (χ1n) is 6.17. The highest BCUT2D eigenvalue weighted by Crippen LogP contribution is 2.36. The highest BCUT2D eigenvalue weighted by atomic mass is 35.5. The van der Waals surface area contributed by atoms with Gasteiger partial charge in [-0.15, -0.1) is 0 Å². The van der Waals surface area contributed by atoms with Crippen LogP contribution in [0.5, 0.6) is 0 Å². The number of ketones is 1. The molecule has 1 heterocycles. The highest BCUT2D eigenvalue weighted by molar-refractivity contribution is 6.39. The monoisotopic (exact) mass is 317 g/mol. The van der Waals surface area contributed by atoms with Crippen LogP contribution >= 0.6 is 23.2 Å². The largest absolute Gasteiger partial charge is 0.363 e. The van der Waals surface area contributed by atoms with Gasteiger partial charge in [0.2, 0.25) is 0 Å². The van der Waals surface area contributed by atoms with Crippen LogP contribution < -0.4 is 0 Å². The van der Waals surface area contributed by atoms with Crippen LogP contribution in [-0.2, 0) is 0 Å². The molecule has 3 rings (SSSR count). The third kappa shape index (κ3) is 2.58. The summed E-state index contributed by atoms with van der Waals surface area (Å²) < 4.78 is 4.96. The molecular weight excluding hydrogens is 309 g/mol. The van der Waals surface area contributed by atoms with E-state index in [1.807, 2.05) is 6.07 Å². The Labute approximate surface area is 131 Å². The van der Waals surface area contributed by atoms with Crippen LogP contribution in [0.3, 0.4) is 0 Å². The van der Waals surface area contributed by atoms with Crippen molar-refractivity contribution >= 4 is 29.0 Å². The van der Waals surface area contributed by atoms with Crippen molar-refractivity contribution in [2.75, 3.05) is 0 Å². The van der Waals surface area contributed by atoms with Gasteiger partial charge < -0.3 is 4.52 Å². The fourth-order valence-corrected chi connectivity index (χ4v) is 2.62. The summed E-state index contributed by atoms with van der Waals surface area (Å²) in [6, 6.07) is 14.0. The molecule has 0 fully saturated rings. The Morgan fingerprint density at radius 3 is 2.29 bits per heavy atom. The number of carbonyl (C=O) groups excluding carboxylic acids is 1. The summed E-state index contributed by atoms with van der Waals surface area (Å²) in [5, 5.41) is 4.72. The van der Waals surface area contributed by atoms with Gasteiger partial charge in [-0.2, -0.15) is 0 Å². The van der Waals surface area contributed by atoms with E-state index < -0.39 is 0 Å². The fraction of sp³-hybridized carbons (Fsp3) is 0. The van der Waals surface area contributed by atoms with E-state index in [1.54, 1.807) is 42.5 Å². The molecule has 0 aliphatic rings. The second-order valence-corrected chi connectivity index (χ2v) is 5.18. The van der Waals surface area contributed by atoms with Crippen LogP contribution in [0.1, 0.15) is 15.9 Å². The minimum atomic E-state index is -0.192. The molecular formula is C16H9Cl2NO2. The minimum absolute atomic E-state index is 0.192. The van der Waals surface area contributed by atoms with Gasteiger partial charge in [0, 0.05) is 11.1 Å². The molecule has 5 heteroatoms. The zero-order valence-corrected chi connectivity index (χ0v) is 12.2. The van der Waals surface area contributed by atoms with Crippen LogP contribution in [0.2, 0.25) is 10.0 Å². The van der Waals surface area contributed by atoms with Gasteiger partial charge in [-0.25, -0.2) is 0 Å². The van der Waals surface area contributed by atoms with Crippen molar-refractivity contribution in [3.63, 3.8) is 0 Å². The maximum atomic E-state index is 12.5. The van der Waals surface area contributed by atoms with E-state index in [-0.39, 0.29) is 5.78 Å². The van der Waals surface area contributed by atoms with Gasteiger partial charge in [-0.05, 0) is 12.1 Å². The fourth-order valence-electron chi connectivity index (χ4n) is 2.05. The standard InChI is InChI=1S/C16H9Cl2NO2/c17-12-7-4-8-13(18)14(12)15-11(9-21-19-15)16(20)10-5-2-1-3-6-10/h1-9H. The SMILES string of the molecule is O=C(c1ccccc1)c1conc1-c1c(Cl)cccc1Cl. The summed E-state index contributed by atoms with van der Waals surface area (Å²) in [6.07, 6.45) is 1.31. The van der Waals surface area contributed by atoms with Crippen LogP contribution in [-0.4, -0.2) is 10.9 Å². The molecule has 0 saturated heterocycles. The lowest BCUT2D eigenvalue weighted by Crippen LogP contribution is -2.02. The Morgan fingerprint density at radius 2 is 1.62 bits per heavy atom. The van der Waals surface area contributed by atoms with Gasteiger partial charge in [0.05, 0.1) is 15.6 Å². The predicted molar refractivity (Wildman–Crippen MR) is 81.8 cm³/mol. The zero-order valence-electron chi connectivity index (χ0n) is 10.7. The first kappa shape index (κ1) is 13.9. The first-order chi connectivity index (χ1) is 10.2. The molecule has 3 nitrogen and oxygen atoms in total. The maximum absolute atomic E-state index is 12.5.